The van der Waals surface area contributed by atoms with Crippen LogP contribution in [0.25, 0.3) is 0 Å². The number of hydrogen-bond acceptors (Lipinski definition) is 4. The minimum Gasteiger partial charge on any atom is -0.495 e. The van der Waals surface area contributed by atoms with E-state index >= 15 is 0 Å². The molecule has 2 atom stereocenters. The van der Waals surface area contributed by atoms with Crippen molar-refractivity contribution in [2.75, 3.05) is 20.2 Å². The van der Waals surface area contributed by atoms with E-state index in [0.29, 0.717) is 18.8 Å². The van der Waals surface area contributed by atoms with Gasteiger partial charge in [0.25, 0.3) is 0 Å². The fraction of sp³-hybridized carbons (Fsp3) is 0.571. The number of halogens is 1. The lowest BCUT2D eigenvalue weighted by Crippen LogP contribution is -2.48. The first kappa shape index (κ1) is 16.7. The standard InChI is InChI=1S/C14H20BrNO4S/c1-9-5-13(19-4)14(6-12(9)15)21(17,18)16-7-10(2)20-11(3)8-16/h5-6,10-11H,7-8H2,1-4H3/t10-,11-/m1/s1. The van der Waals surface area contributed by atoms with Crippen molar-refractivity contribution in [2.45, 2.75) is 37.9 Å². The number of sulfonamides is 1. The lowest BCUT2D eigenvalue weighted by molar-refractivity contribution is -0.0441. The summed E-state index contributed by atoms with van der Waals surface area (Å²) in [7, 11) is -2.13. The molecule has 1 aromatic carbocycles. The second-order valence-electron chi connectivity index (χ2n) is 5.33. The topological polar surface area (TPSA) is 55.8 Å². The molecule has 1 fully saturated rings. The molecule has 2 rings (SSSR count). The normalized spacial score (nSPS) is 24.0. The third-order valence-electron chi connectivity index (χ3n) is 3.45. The highest BCUT2D eigenvalue weighted by atomic mass is 79.9. The van der Waals surface area contributed by atoms with Gasteiger partial charge in [0, 0.05) is 17.6 Å². The Balaban J connectivity index is 2.46. The van der Waals surface area contributed by atoms with Crippen LogP contribution in [0.2, 0.25) is 0 Å². The summed E-state index contributed by atoms with van der Waals surface area (Å²) in [6.07, 6.45) is -0.244. The number of rotatable bonds is 3. The molecule has 0 spiro atoms. The van der Waals surface area contributed by atoms with Crippen LogP contribution in [0.4, 0.5) is 0 Å². The van der Waals surface area contributed by atoms with Crippen LogP contribution in [-0.4, -0.2) is 45.1 Å². The molecule has 1 saturated heterocycles. The predicted octanol–water partition coefficient (Wildman–Crippen LogP) is 2.56. The maximum atomic E-state index is 12.9. The van der Waals surface area contributed by atoms with E-state index in [2.05, 4.69) is 15.9 Å². The molecule has 1 heterocycles. The van der Waals surface area contributed by atoms with Gasteiger partial charge in [-0.25, -0.2) is 8.42 Å². The number of benzene rings is 1. The Morgan fingerprint density at radius 1 is 1.29 bits per heavy atom. The zero-order valence-electron chi connectivity index (χ0n) is 12.6. The van der Waals surface area contributed by atoms with Crippen molar-refractivity contribution in [1.29, 1.82) is 0 Å². The Kier molecular flexibility index (Phi) is 4.97. The highest BCUT2D eigenvalue weighted by molar-refractivity contribution is 9.10. The van der Waals surface area contributed by atoms with Crippen LogP contribution in [0, 0.1) is 6.92 Å². The molecule has 0 amide bonds. The molecule has 21 heavy (non-hydrogen) atoms. The van der Waals surface area contributed by atoms with E-state index in [9.17, 15) is 8.42 Å². The largest absolute Gasteiger partial charge is 0.495 e. The van der Waals surface area contributed by atoms with Crippen LogP contribution in [0.15, 0.2) is 21.5 Å². The minimum absolute atomic E-state index is 0.122. The first-order valence-corrected chi connectivity index (χ1v) is 8.98. The van der Waals surface area contributed by atoms with Gasteiger partial charge in [-0.2, -0.15) is 4.31 Å². The van der Waals surface area contributed by atoms with Gasteiger partial charge in [-0.05, 0) is 38.5 Å². The number of morpholine rings is 1. The molecule has 0 saturated carbocycles. The summed E-state index contributed by atoms with van der Waals surface area (Å²) < 4.78 is 38.8. The molecule has 0 N–H and O–H groups in total. The quantitative estimate of drug-likeness (QED) is 0.811. The first-order chi connectivity index (χ1) is 9.75. The summed E-state index contributed by atoms with van der Waals surface area (Å²) >= 11 is 3.39. The zero-order chi connectivity index (χ0) is 15.8. The number of hydrogen-bond donors (Lipinski definition) is 0. The average molecular weight is 378 g/mol. The van der Waals surface area contributed by atoms with Crippen molar-refractivity contribution < 1.29 is 17.9 Å². The minimum atomic E-state index is -3.61. The highest BCUT2D eigenvalue weighted by Crippen LogP contribution is 2.33. The monoisotopic (exact) mass is 377 g/mol. The third kappa shape index (κ3) is 3.41. The average Bonchev–Trinajstić information content (AvgIpc) is 2.40. The Bertz CT molecular complexity index is 622. The lowest BCUT2D eigenvalue weighted by Gasteiger charge is -2.34. The molecule has 5 nitrogen and oxygen atoms in total. The summed E-state index contributed by atoms with van der Waals surface area (Å²) in [4.78, 5) is 0.184. The molecule has 118 valence electrons. The first-order valence-electron chi connectivity index (χ1n) is 6.75. The second kappa shape index (κ2) is 6.24. The smallest absolute Gasteiger partial charge is 0.246 e. The van der Waals surface area contributed by atoms with Gasteiger partial charge in [0.05, 0.1) is 19.3 Å². The molecular weight excluding hydrogens is 358 g/mol. The van der Waals surface area contributed by atoms with E-state index < -0.39 is 10.0 Å². The van der Waals surface area contributed by atoms with E-state index in [4.69, 9.17) is 9.47 Å². The van der Waals surface area contributed by atoms with E-state index in [1.165, 1.54) is 11.4 Å². The van der Waals surface area contributed by atoms with Gasteiger partial charge in [0.1, 0.15) is 10.6 Å². The Morgan fingerprint density at radius 3 is 2.38 bits per heavy atom. The maximum Gasteiger partial charge on any atom is 0.246 e. The maximum absolute atomic E-state index is 12.9. The summed E-state index contributed by atoms with van der Waals surface area (Å²) in [5.41, 5.74) is 0.925. The lowest BCUT2D eigenvalue weighted by atomic mass is 10.2. The predicted molar refractivity (Wildman–Crippen MR) is 84.2 cm³/mol. The summed E-state index contributed by atoms with van der Waals surface area (Å²) in [5, 5.41) is 0. The second-order valence-corrected chi connectivity index (χ2v) is 8.09. The van der Waals surface area contributed by atoms with Crippen LogP contribution in [0.3, 0.4) is 0 Å². The zero-order valence-corrected chi connectivity index (χ0v) is 15.0. The number of ether oxygens (including phenoxy) is 2. The fourth-order valence-electron chi connectivity index (χ4n) is 2.46. The van der Waals surface area contributed by atoms with Crippen LogP contribution >= 0.6 is 15.9 Å². The van der Waals surface area contributed by atoms with Gasteiger partial charge >= 0.3 is 0 Å². The van der Waals surface area contributed by atoms with Crippen LogP contribution in [-0.2, 0) is 14.8 Å². The highest BCUT2D eigenvalue weighted by Gasteiger charge is 2.34. The summed E-state index contributed by atoms with van der Waals surface area (Å²) in [6, 6.07) is 3.33. The van der Waals surface area contributed by atoms with Crippen molar-refractivity contribution in [2.24, 2.45) is 0 Å². The molecule has 1 aromatic rings. The molecule has 0 aromatic heterocycles. The molecular formula is C14H20BrNO4S. The molecule has 0 aliphatic carbocycles. The van der Waals surface area contributed by atoms with Gasteiger partial charge < -0.3 is 9.47 Å². The Labute approximate surface area is 134 Å². The van der Waals surface area contributed by atoms with Crippen molar-refractivity contribution in [1.82, 2.24) is 4.31 Å². The summed E-state index contributed by atoms with van der Waals surface area (Å²) in [5.74, 6) is 0.363. The number of nitrogens with zero attached hydrogens (tertiary/aromatic N) is 1. The SMILES string of the molecule is COc1cc(C)c(Br)cc1S(=O)(=O)N1C[C@@H](C)O[C@H](C)C1. The van der Waals surface area contributed by atoms with Gasteiger partial charge in [-0.1, -0.05) is 15.9 Å². The van der Waals surface area contributed by atoms with Crippen molar-refractivity contribution in [3.8, 4) is 5.75 Å². The summed E-state index contributed by atoms with van der Waals surface area (Å²) in [6.45, 7) is 6.34. The van der Waals surface area contributed by atoms with Gasteiger partial charge in [-0.15, -0.1) is 0 Å². The van der Waals surface area contributed by atoms with Crippen molar-refractivity contribution in [3.05, 3.63) is 22.2 Å². The van der Waals surface area contributed by atoms with Crippen LogP contribution in [0.5, 0.6) is 5.75 Å². The molecule has 7 heteroatoms. The Hall–Kier alpha value is -0.630. The van der Waals surface area contributed by atoms with E-state index in [1.807, 2.05) is 20.8 Å². The fourth-order valence-corrected chi connectivity index (χ4v) is 4.71. The van der Waals surface area contributed by atoms with E-state index in [-0.39, 0.29) is 17.1 Å². The van der Waals surface area contributed by atoms with Gasteiger partial charge in [0.2, 0.25) is 10.0 Å². The van der Waals surface area contributed by atoms with Gasteiger partial charge in [-0.3, -0.25) is 0 Å². The molecule has 1 aliphatic heterocycles. The van der Waals surface area contributed by atoms with E-state index in [1.54, 1.807) is 12.1 Å². The van der Waals surface area contributed by atoms with Gasteiger partial charge in [0.15, 0.2) is 0 Å². The van der Waals surface area contributed by atoms with Crippen LogP contribution in [0.1, 0.15) is 19.4 Å². The van der Waals surface area contributed by atoms with E-state index in [0.717, 1.165) is 10.0 Å². The molecule has 1 aliphatic rings. The van der Waals surface area contributed by atoms with Crippen LogP contribution < -0.4 is 4.74 Å². The number of aryl methyl sites for hydroxylation is 1. The van der Waals surface area contributed by atoms with Crippen molar-refractivity contribution >= 4 is 26.0 Å². The molecule has 0 radical (unpaired) electrons. The molecule has 0 unspecified atom stereocenters. The number of methoxy groups -OCH3 is 1. The molecule has 0 bridgehead atoms. The van der Waals surface area contributed by atoms with Crippen molar-refractivity contribution in [3.63, 3.8) is 0 Å². The third-order valence-corrected chi connectivity index (χ3v) is 6.16. The Morgan fingerprint density at radius 2 is 1.86 bits per heavy atom.